The highest BCUT2D eigenvalue weighted by atomic mass is 19.4. The Hall–Kier alpha value is -3.61. The third-order valence-corrected chi connectivity index (χ3v) is 5.73. The Balaban J connectivity index is 1.97. The van der Waals surface area contributed by atoms with E-state index in [9.17, 15) is 32.3 Å². The minimum absolute atomic E-state index is 0.0443. The van der Waals surface area contributed by atoms with Crippen LogP contribution < -0.4 is 20.1 Å². The largest absolute Gasteiger partial charge is 0.480 e. The van der Waals surface area contributed by atoms with Crippen LogP contribution in [0.1, 0.15) is 35.7 Å². The molecular formula is C23H26F4N4O5. The molecule has 0 bridgehead atoms. The van der Waals surface area contributed by atoms with Crippen molar-refractivity contribution in [3.05, 3.63) is 41.3 Å². The van der Waals surface area contributed by atoms with E-state index in [1.54, 1.807) is 13.0 Å². The molecule has 1 aliphatic rings. The molecule has 36 heavy (non-hydrogen) atoms. The minimum atomic E-state index is -4.78. The molecule has 0 spiro atoms. The Morgan fingerprint density at radius 3 is 2.67 bits per heavy atom. The molecule has 3 N–H and O–H groups in total. The van der Waals surface area contributed by atoms with Crippen molar-refractivity contribution in [3.8, 4) is 11.6 Å². The van der Waals surface area contributed by atoms with Gasteiger partial charge in [0.05, 0.1) is 31.0 Å². The fourth-order valence-corrected chi connectivity index (χ4v) is 3.68. The van der Waals surface area contributed by atoms with Gasteiger partial charge in [-0.05, 0) is 44.4 Å². The van der Waals surface area contributed by atoms with Crippen LogP contribution in [0.25, 0.3) is 0 Å². The maximum absolute atomic E-state index is 15.0. The number of benzene rings is 1. The van der Waals surface area contributed by atoms with Crippen LogP contribution in [0, 0.1) is 12.7 Å². The summed E-state index contributed by atoms with van der Waals surface area (Å²) in [6.07, 6.45) is -4.50. The first-order valence-corrected chi connectivity index (χ1v) is 11.0. The molecule has 13 heteroatoms. The number of aryl methyl sites for hydroxylation is 1. The predicted molar refractivity (Wildman–Crippen MR) is 122 cm³/mol. The summed E-state index contributed by atoms with van der Waals surface area (Å²) in [6.45, 7) is 2.40. The summed E-state index contributed by atoms with van der Waals surface area (Å²) in [7, 11) is 1.32. The average molecular weight is 514 g/mol. The van der Waals surface area contributed by atoms with Crippen LogP contribution in [0.2, 0.25) is 0 Å². The van der Waals surface area contributed by atoms with Gasteiger partial charge in [0.15, 0.2) is 6.10 Å². The normalized spacial score (nSPS) is 16.4. The van der Waals surface area contributed by atoms with Gasteiger partial charge in [-0.3, -0.25) is 4.79 Å². The predicted octanol–water partition coefficient (Wildman–Crippen LogP) is 4.11. The zero-order valence-electron chi connectivity index (χ0n) is 19.8. The zero-order valence-corrected chi connectivity index (χ0v) is 19.8. The van der Waals surface area contributed by atoms with Gasteiger partial charge in [-0.1, -0.05) is 0 Å². The maximum atomic E-state index is 15.0. The summed E-state index contributed by atoms with van der Waals surface area (Å²) < 4.78 is 64.7. The van der Waals surface area contributed by atoms with E-state index in [-0.39, 0.29) is 18.2 Å². The fraction of sp³-hybridized carbons (Fsp3) is 0.435. The number of aliphatic hydroxyl groups is 1. The van der Waals surface area contributed by atoms with E-state index >= 15 is 0 Å². The van der Waals surface area contributed by atoms with Crippen molar-refractivity contribution in [2.45, 2.75) is 45.0 Å². The second kappa shape index (κ2) is 11.0. The molecule has 0 aliphatic carbocycles. The Morgan fingerprint density at radius 2 is 2.03 bits per heavy atom. The van der Waals surface area contributed by atoms with E-state index in [0.29, 0.717) is 31.0 Å². The van der Waals surface area contributed by atoms with Crippen LogP contribution in [0.5, 0.6) is 11.6 Å². The zero-order chi connectivity index (χ0) is 26.6. The second-order valence-corrected chi connectivity index (χ2v) is 8.20. The van der Waals surface area contributed by atoms with E-state index in [2.05, 4.69) is 15.6 Å². The number of aromatic nitrogens is 1. The van der Waals surface area contributed by atoms with Crippen molar-refractivity contribution in [2.24, 2.45) is 0 Å². The molecule has 0 radical (unpaired) electrons. The Bertz CT molecular complexity index is 1130. The monoisotopic (exact) mass is 514 g/mol. The van der Waals surface area contributed by atoms with Gasteiger partial charge in [0.2, 0.25) is 5.88 Å². The van der Waals surface area contributed by atoms with Crippen molar-refractivity contribution in [3.63, 3.8) is 0 Å². The van der Waals surface area contributed by atoms with Gasteiger partial charge in [0, 0.05) is 18.8 Å². The fourth-order valence-electron chi connectivity index (χ4n) is 3.68. The summed E-state index contributed by atoms with van der Waals surface area (Å²) in [5.74, 6) is -2.61. The number of amides is 3. The van der Waals surface area contributed by atoms with Gasteiger partial charge in [-0.15, -0.1) is 0 Å². The highest BCUT2D eigenvalue weighted by Crippen LogP contribution is 2.33. The standard InChI is InChI=1S/C23H26F4N4O5/c1-12-6-7-28-21(35-3)19(12)30-20(33)15-9-16(24)17(10-18(15)36-13(2)23(25,26)27)29-22(34)31-8-4-5-14(31)11-32/h6-7,9-10,13-14,32H,4-5,8,11H2,1-3H3,(H,29,34)(H,30,33). The maximum Gasteiger partial charge on any atom is 0.425 e. The highest BCUT2D eigenvalue weighted by molar-refractivity contribution is 6.07. The molecule has 1 aliphatic heterocycles. The van der Waals surface area contributed by atoms with Crippen LogP contribution in [-0.2, 0) is 0 Å². The number of hydrogen-bond donors (Lipinski definition) is 3. The number of carbonyl (C=O) groups is 2. The summed E-state index contributed by atoms with van der Waals surface area (Å²) in [5.41, 5.74) is -0.350. The second-order valence-electron chi connectivity index (χ2n) is 8.20. The number of nitrogens with one attached hydrogen (secondary N) is 2. The van der Waals surface area contributed by atoms with Crippen LogP contribution >= 0.6 is 0 Å². The van der Waals surface area contributed by atoms with Gasteiger partial charge in [0.25, 0.3) is 5.91 Å². The number of rotatable bonds is 7. The van der Waals surface area contributed by atoms with Crippen LogP contribution in [0.15, 0.2) is 24.4 Å². The topological polar surface area (TPSA) is 113 Å². The van der Waals surface area contributed by atoms with Crippen molar-refractivity contribution in [1.82, 2.24) is 9.88 Å². The highest BCUT2D eigenvalue weighted by Gasteiger charge is 2.39. The Labute approximate surface area is 204 Å². The third-order valence-electron chi connectivity index (χ3n) is 5.73. The first kappa shape index (κ1) is 27.0. The molecule has 2 unspecified atom stereocenters. The number of aliphatic hydroxyl groups excluding tert-OH is 1. The van der Waals surface area contributed by atoms with Gasteiger partial charge in [0.1, 0.15) is 17.3 Å². The molecule has 196 valence electrons. The molecule has 2 atom stereocenters. The molecule has 9 nitrogen and oxygen atoms in total. The molecule has 1 aromatic carbocycles. The summed E-state index contributed by atoms with van der Waals surface area (Å²) in [5, 5.41) is 14.2. The van der Waals surface area contributed by atoms with E-state index in [0.717, 1.165) is 13.0 Å². The number of pyridine rings is 1. The van der Waals surface area contributed by atoms with Gasteiger partial charge in [-0.2, -0.15) is 13.2 Å². The van der Waals surface area contributed by atoms with E-state index < -0.39 is 53.1 Å². The number of anilines is 2. The number of urea groups is 1. The minimum Gasteiger partial charge on any atom is -0.480 e. The number of halogens is 4. The van der Waals surface area contributed by atoms with Crippen LogP contribution in [-0.4, -0.2) is 65.5 Å². The lowest BCUT2D eigenvalue weighted by Gasteiger charge is -2.24. The first-order chi connectivity index (χ1) is 17.0. The summed E-state index contributed by atoms with van der Waals surface area (Å²) in [6, 6.07) is 1.86. The van der Waals surface area contributed by atoms with E-state index in [1.165, 1.54) is 18.2 Å². The Kier molecular flexibility index (Phi) is 8.23. The molecule has 3 rings (SSSR count). The number of carbonyl (C=O) groups excluding carboxylic acids is 2. The number of likely N-dealkylation sites (tertiary alicyclic amines) is 1. The molecule has 2 heterocycles. The quantitative estimate of drug-likeness (QED) is 0.480. The summed E-state index contributed by atoms with van der Waals surface area (Å²) >= 11 is 0. The van der Waals surface area contributed by atoms with Crippen molar-refractivity contribution < 1.29 is 41.7 Å². The molecule has 1 aromatic heterocycles. The lowest BCUT2D eigenvalue weighted by Crippen LogP contribution is -2.40. The lowest BCUT2D eigenvalue weighted by molar-refractivity contribution is -0.189. The molecular weight excluding hydrogens is 488 g/mol. The molecule has 1 saturated heterocycles. The average Bonchev–Trinajstić information content (AvgIpc) is 3.30. The Morgan fingerprint density at radius 1 is 1.31 bits per heavy atom. The number of hydrogen-bond acceptors (Lipinski definition) is 6. The van der Waals surface area contributed by atoms with Crippen molar-refractivity contribution >= 4 is 23.3 Å². The lowest BCUT2D eigenvalue weighted by atomic mass is 10.1. The molecule has 3 amide bonds. The molecule has 0 saturated carbocycles. The first-order valence-electron chi connectivity index (χ1n) is 11.0. The van der Waals surface area contributed by atoms with Crippen molar-refractivity contribution in [1.29, 1.82) is 0 Å². The van der Waals surface area contributed by atoms with Crippen molar-refractivity contribution in [2.75, 3.05) is 30.9 Å². The van der Waals surface area contributed by atoms with Gasteiger partial charge in [-0.25, -0.2) is 14.2 Å². The smallest absolute Gasteiger partial charge is 0.425 e. The van der Waals surface area contributed by atoms with Crippen LogP contribution in [0.3, 0.4) is 0 Å². The number of alkyl halides is 3. The van der Waals surface area contributed by atoms with E-state index in [4.69, 9.17) is 9.47 Å². The van der Waals surface area contributed by atoms with Gasteiger partial charge < -0.3 is 30.1 Å². The number of nitrogens with zero attached hydrogens (tertiary/aromatic N) is 2. The molecule has 2 aromatic rings. The van der Waals surface area contributed by atoms with Crippen LogP contribution in [0.4, 0.5) is 33.7 Å². The van der Waals surface area contributed by atoms with E-state index in [1.807, 2.05) is 0 Å². The number of methoxy groups -OCH3 is 1. The number of ether oxygens (including phenoxy) is 2. The third kappa shape index (κ3) is 5.96. The summed E-state index contributed by atoms with van der Waals surface area (Å²) in [4.78, 5) is 30.9. The van der Waals surface area contributed by atoms with Gasteiger partial charge >= 0.3 is 12.2 Å². The molecule has 1 fully saturated rings. The SMILES string of the molecule is COc1nccc(C)c1NC(=O)c1cc(F)c(NC(=O)N2CCCC2CO)cc1OC(C)C(F)(F)F.